The van der Waals surface area contributed by atoms with Gasteiger partial charge in [-0.3, -0.25) is 4.98 Å². The third-order valence-electron chi connectivity index (χ3n) is 2.70. The van der Waals surface area contributed by atoms with Crippen LogP contribution >= 0.6 is 0 Å². The first-order valence-corrected chi connectivity index (χ1v) is 6.03. The highest BCUT2D eigenvalue weighted by molar-refractivity contribution is 5.32. The van der Waals surface area contributed by atoms with Crippen LogP contribution in [0.3, 0.4) is 0 Å². The van der Waals surface area contributed by atoms with Gasteiger partial charge in [-0.25, -0.2) is 0 Å². The van der Waals surface area contributed by atoms with E-state index in [1.165, 1.54) is 5.56 Å². The second kappa shape index (κ2) is 8.03. The summed E-state index contributed by atoms with van der Waals surface area (Å²) < 4.78 is 10.4. The van der Waals surface area contributed by atoms with Gasteiger partial charge >= 0.3 is 0 Å². The molecule has 0 saturated carbocycles. The molecule has 4 heteroatoms. The van der Waals surface area contributed by atoms with E-state index < -0.39 is 0 Å². The van der Waals surface area contributed by atoms with Crippen molar-refractivity contribution < 1.29 is 9.47 Å². The Bertz CT molecular complexity index is 318. The van der Waals surface area contributed by atoms with Gasteiger partial charge in [-0.05, 0) is 25.5 Å². The molecule has 0 amide bonds. The molecular formula is C13H22N2O2. The molecule has 1 N–H and O–H groups in total. The van der Waals surface area contributed by atoms with E-state index in [1.807, 2.05) is 6.07 Å². The van der Waals surface area contributed by atoms with Crippen molar-refractivity contribution in [2.75, 3.05) is 27.4 Å². The molecule has 0 aliphatic rings. The number of pyridine rings is 1. The molecule has 0 radical (unpaired) electrons. The maximum atomic E-state index is 5.35. The number of hydrogen-bond donors (Lipinski definition) is 1. The van der Waals surface area contributed by atoms with Crippen LogP contribution in [0.5, 0.6) is 5.75 Å². The molecule has 1 unspecified atom stereocenters. The molecule has 4 nitrogen and oxygen atoms in total. The highest BCUT2D eigenvalue weighted by atomic mass is 16.5. The molecule has 0 aliphatic carbocycles. The molecule has 0 aromatic carbocycles. The number of hydrogen-bond acceptors (Lipinski definition) is 4. The summed E-state index contributed by atoms with van der Waals surface area (Å²) in [6.07, 6.45) is 5.62. The highest BCUT2D eigenvalue weighted by Gasteiger charge is 2.14. The van der Waals surface area contributed by atoms with Crippen LogP contribution < -0.4 is 10.1 Å². The summed E-state index contributed by atoms with van der Waals surface area (Å²) in [5.41, 5.74) is 1.17. The van der Waals surface area contributed by atoms with Crippen LogP contribution in [-0.4, -0.2) is 32.4 Å². The quantitative estimate of drug-likeness (QED) is 0.705. The third kappa shape index (κ3) is 4.32. The SMILES string of the molecule is CCNC(CCCOC)c1ccncc1OC. The van der Waals surface area contributed by atoms with Gasteiger partial charge in [0.15, 0.2) is 0 Å². The monoisotopic (exact) mass is 238 g/mol. The predicted octanol–water partition coefficient (Wildman–Crippen LogP) is 2.17. The van der Waals surface area contributed by atoms with Crippen molar-refractivity contribution in [3.8, 4) is 5.75 Å². The molecular weight excluding hydrogens is 216 g/mol. The summed E-state index contributed by atoms with van der Waals surface area (Å²) in [5.74, 6) is 0.843. The van der Waals surface area contributed by atoms with Crippen molar-refractivity contribution in [1.82, 2.24) is 10.3 Å². The molecule has 1 rings (SSSR count). The Balaban J connectivity index is 2.73. The van der Waals surface area contributed by atoms with Gasteiger partial charge < -0.3 is 14.8 Å². The van der Waals surface area contributed by atoms with Gasteiger partial charge in [0.2, 0.25) is 0 Å². The van der Waals surface area contributed by atoms with Gasteiger partial charge in [-0.1, -0.05) is 6.92 Å². The number of rotatable bonds is 8. The first kappa shape index (κ1) is 13.9. The summed E-state index contributed by atoms with van der Waals surface area (Å²) in [6, 6.07) is 2.31. The van der Waals surface area contributed by atoms with Crippen LogP contribution in [0.4, 0.5) is 0 Å². The van der Waals surface area contributed by atoms with E-state index in [4.69, 9.17) is 9.47 Å². The van der Waals surface area contributed by atoms with Gasteiger partial charge in [-0.15, -0.1) is 0 Å². The Kier molecular flexibility index (Phi) is 6.58. The second-order valence-corrected chi connectivity index (χ2v) is 3.86. The van der Waals surface area contributed by atoms with Gasteiger partial charge in [-0.2, -0.15) is 0 Å². The third-order valence-corrected chi connectivity index (χ3v) is 2.70. The molecule has 96 valence electrons. The van der Waals surface area contributed by atoms with E-state index in [1.54, 1.807) is 26.6 Å². The van der Waals surface area contributed by atoms with Crippen LogP contribution in [-0.2, 0) is 4.74 Å². The lowest BCUT2D eigenvalue weighted by molar-refractivity contribution is 0.188. The number of ether oxygens (including phenoxy) is 2. The zero-order valence-electron chi connectivity index (χ0n) is 10.9. The molecule has 0 aliphatic heterocycles. The van der Waals surface area contributed by atoms with Crippen molar-refractivity contribution in [3.05, 3.63) is 24.0 Å². The average Bonchev–Trinajstić information content (AvgIpc) is 2.38. The van der Waals surface area contributed by atoms with Gasteiger partial charge in [0.25, 0.3) is 0 Å². The van der Waals surface area contributed by atoms with Crippen molar-refractivity contribution >= 4 is 0 Å². The van der Waals surface area contributed by atoms with E-state index in [0.29, 0.717) is 6.04 Å². The number of methoxy groups -OCH3 is 2. The van der Waals surface area contributed by atoms with Crippen molar-refractivity contribution in [2.45, 2.75) is 25.8 Å². The van der Waals surface area contributed by atoms with E-state index >= 15 is 0 Å². The summed E-state index contributed by atoms with van der Waals surface area (Å²) in [7, 11) is 3.41. The maximum Gasteiger partial charge on any atom is 0.141 e. The Labute approximate surface area is 103 Å². The first-order valence-electron chi connectivity index (χ1n) is 6.03. The fraction of sp³-hybridized carbons (Fsp3) is 0.615. The Morgan fingerprint density at radius 1 is 1.41 bits per heavy atom. The Morgan fingerprint density at radius 2 is 2.24 bits per heavy atom. The maximum absolute atomic E-state index is 5.35. The molecule has 17 heavy (non-hydrogen) atoms. The van der Waals surface area contributed by atoms with Gasteiger partial charge in [0.05, 0.1) is 13.3 Å². The standard InChI is InChI=1S/C13H22N2O2/c1-4-15-12(6-5-9-16-2)11-7-8-14-10-13(11)17-3/h7-8,10,12,15H,4-6,9H2,1-3H3. The number of nitrogens with one attached hydrogen (secondary N) is 1. The lowest BCUT2D eigenvalue weighted by Crippen LogP contribution is -2.22. The Morgan fingerprint density at radius 3 is 2.88 bits per heavy atom. The van der Waals surface area contributed by atoms with E-state index in [2.05, 4.69) is 17.2 Å². The molecule has 0 spiro atoms. The highest BCUT2D eigenvalue weighted by Crippen LogP contribution is 2.26. The smallest absolute Gasteiger partial charge is 0.141 e. The normalized spacial score (nSPS) is 12.4. The molecule has 0 bridgehead atoms. The van der Waals surface area contributed by atoms with Crippen molar-refractivity contribution in [2.24, 2.45) is 0 Å². The van der Waals surface area contributed by atoms with Crippen LogP contribution in [0.15, 0.2) is 18.5 Å². The fourth-order valence-corrected chi connectivity index (χ4v) is 1.89. The van der Waals surface area contributed by atoms with Gasteiger partial charge in [0, 0.05) is 31.5 Å². The number of nitrogens with zero attached hydrogens (tertiary/aromatic N) is 1. The van der Waals surface area contributed by atoms with E-state index in [0.717, 1.165) is 31.7 Å². The van der Waals surface area contributed by atoms with E-state index in [9.17, 15) is 0 Å². The minimum atomic E-state index is 0.299. The van der Waals surface area contributed by atoms with Crippen LogP contribution in [0, 0.1) is 0 Å². The van der Waals surface area contributed by atoms with E-state index in [-0.39, 0.29) is 0 Å². The molecule has 1 aromatic rings. The number of aromatic nitrogens is 1. The summed E-state index contributed by atoms with van der Waals surface area (Å²) in [6.45, 7) is 3.83. The Hall–Kier alpha value is -1.13. The fourth-order valence-electron chi connectivity index (χ4n) is 1.89. The minimum Gasteiger partial charge on any atom is -0.495 e. The zero-order chi connectivity index (χ0) is 12.5. The zero-order valence-corrected chi connectivity index (χ0v) is 10.9. The minimum absolute atomic E-state index is 0.299. The van der Waals surface area contributed by atoms with Crippen LogP contribution in [0.1, 0.15) is 31.4 Å². The molecule has 0 fully saturated rings. The average molecular weight is 238 g/mol. The molecule has 0 saturated heterocycles. The molecule has 1 aromatic heterocycles. The van der Waals surface area contributed by atoms with Crippen molar-refractivity contribution in [3.63, 3.8) is 0 Å². The predicted molar refractivity (Wildman–Crippen MR) is 68.3 cm³/mol. The van der Waals surface area contributed by atoms with Crippen LogP contribution in [0.2, 0.25) is 0 Å². The summed E-state index contributed by atoms with van der Waals surface area (Å²) in [5, 5.41) is 3.47. The molecule has 1 atom stereocenters. The lowest BCUT2D eigenvalue weighted by Gasteiger charge is -2.20. The lowest BCUT2D eigenvalue weighted by atomic mass is 10.0. The van der Waals surface area contributed by atoms with Crippen LogP contribution in [0.25, 0.3) is 0 Å². The largest absolute Gasteiger partial charge is 0.495 e. The first-order chi connectivity index (χ1) is 8.33. The summed E-state index contributed by atoms with van der Waals surface area (Å²) >= 11 is 0. The second-order valence-electron chi connectivity index (χ2n) is 3.86. The molecule has 1 heterocycles. The van der Waals surface area contributed by atoms with Crippen molar-refractivity contribution in [1.29, 1.82) is 0 Å². The summed E-state index contributed by atoms with van der Waals surface area (Å²) in [4.78, 5) is 4.08. The topological polar surface area (TPSA) is 43.4 Å². The van der Waals surface area contributed by atoms with Gasteiger partial charge in [0.1, 0.15) is 5.75 Å².